The molecule has 7 nitrogen and oxygen atoms in total. The van der Waals surface area contributed by atoms with Gasteiger partial charge in [-0.1, -0.05) is 41.4 Å². The zero-order chi connectivity index (χ0) is 23.3. The molecule has 3 aromatic rings. The number of rotatable bonds is 8. The highest BCUT2D eigenvalue weighted by molar-refractivity contribution is 7.92. The summed E-state index contributed by atoms with van der Waals surface area (Å²) in [6, 6.07) is 17.0. The van der Waals surface area contributed by atoms with Crippen molar-refractivity contribution in [1.29, 1.82) is 0 Å². The second kappa shape index (κ2) is 10.1. The summed E-state index contributed by atoms with van der Waals surface area (Å²) in [4.78, 5) is 12.9. The van der Waals surface area contributed by atoms with Crippen LogP contribution in [0, 0.1) is 0 Å². The van der Waals surface area contributed by atoms with Crippen LogP contribution < -0.4 is 19.1 Å². The second-order valence-electron chi connectivity index (χ2n) is 6.57. The molecule has 168 valence electrons. The summed E-state index contributed by atoms with van der Waals surface area (Å²) < 4.78 is 38.2. The molecule has 3 aromatic carbocycles. The van der Waals surface area contributed by atoms with E-state index in [-0.39, 0.29) is 20.6 Å². The lowest BCUT2D eigenvalue weighted by Gasteiger charge is -2.24. The molecule has 0 atom stereocenters. The van der Waals surface area contributed by atoms with Crippen molar-refractivity contribution in [2.24, 2.45) is 0 Å². The number of nitrogens with zero attached hydrogens (tertiary/aromatic N) is 1. The van der Waals surface area contributed by atoms with Gasteiger partial charge in [0.05, 0.1) is 30.5 Å². The van der Waals surface area contributed by atoms with E-state index in [4.69, 9.17) is 32.7 Å². The van der Waals surface area contributed by atoms with Crippen LogP contribution >= 0.6 is 23.2 Å². The van der Waals surface area contributed by atoms with E-state index in [1.54, 1.807) is 36.4 Å². The van der Waals surface area contributed by atoms with Crippen LogP contribution in [-0.2, 0) is 14.8 Å². The summed E-state index contributed by atoms with van der Waals surface area (Å²) in [5.74, 6) is 0.283. The van der Waals surface area contributed by atoms with E-state index < -0.39 is 22.5 Å². The van der Waals surface area contributed by atoms with Crippen molar-refractivity contribution in [3.05, 3.63) is 76.8 Å². The minimum atomic E-state index is -4.10. The number of carbonyl (C=O) groups is 1. The Morgan fingerprint density at radius 2 is 1.59 bits per heavy atom. The SMILES string of the molecule is COc1ccc(OC)c(NC(=O)CN(c2cc(Cl)cc(Cl)c2)S(=O)(=O)c2ccccc2)c1. The monoisotopic (exact) mass is 494 g/mol. The number of sulfonamides is 1. The first-order valence-electron chi connectivity index (χ1n) is 9.30. The van der Waals surface area contributed by atoms with Gasteiger partial charge >= 0.3 is 0 Å². The molecule has 0 heterocycles. The zero-order valence-electron chi connectivity index (χ0n) is 17.2. The third-order valence-corrected chi connectivity index (χ3v) is 6.66. The average Bonchev–Trinajstić information content (AvgIpc) is 2.77. The van der Waals surface area contributed by atoms with Gasteiger partial charge in [-0.3, -0.25) is 9.10 Å². The third-order valence-electron chi connectivity index (χ3n) is 4.43. The molecule has 0 saturated carbocycles. The predicted molar refractivity (Wildman–Crippen MR) is 126 cm³/mol. The maximum Gasteiger partial charge on any atom is 0.264 e. The Kier molecular flexibility index (Phi) is 7.50. The Hall–Kier alpha value is -2.94. The van der Waals surface area contributed by atoms with Gasteiger partial charge in [0.2, 0.25) is 5.91 Å². The molecule has 1 amide bonds. The Morgan fingerprint density at radius 1 is 0.938 bits per heavy atom. The van der Waals surface area contributed by atoms with Crippen LogP contribution in [0.25, 0.3) is 0 Å². The van der Waals surface area contributed by atoms with Gasteiger partial charge in [0.25, 0.3) is 10.0 Å². The molecule has 10 heteroatoms. The van der Waals surface area contributed by atoms with Crippen LogP contribution in [0.15, 0.2) is 71.6 Å². The van der Waals surface area contributed by atoms with Gasteiger partial charge < -0.3 is 14.8 Å². The molecule has 0 bridgehead atoms. The summed E-state index contributed by atoms with van der Waals surface area (Å²) >= 11 is 12.2. The average molecular weight is 495 g/mol. The summed E-state index contributed by atoms with van der Waals surface area (Å²) in [5.41, 5.74) is 0.483. The number of halogens is 2. The fourth-order valence-electron chi connectivity index (χ4n) is 2.95. The lowest BCUT2D eigenvalue weighted by atomic mass is 10.2. The summed E-state index contributed by atoms with van der Waals surface area (Å²) in [5, 5.41) is 3.14. The number of carbonyl (C=O) groups excluding carboxylic acids is 1. The number of amides is 1. The van der Waals surface area contributed by atoms with E-state index in [9.17, 15) is 13.2 Å². The number of anilines is 2. The van der Waals surface area contributed by atoms with Gasteiger partial charge in [0, 0.05) is 16.1 Å². The molecule has 0 unspecified atom stereocenters. The van der Waals surface area contributed by atoms with E-state index in [1.165, 1.54) is 44.6 Å². The molecule has 0 saturated heterocycles. The first-order chi connectivity index (χ1) is 15.2. The predicted octanol–water partition coefficient (Wildman–Crippen LogP) is 4.84. The van der Waals surface area contributed by atoms with Gasteiger partial charge in [-0.05, 0) is 42.5 Å². The fraction of sp³-hybridized carbons (Fsp3) is 0.136. The molecule has 32 heavy (non-hydrogen) atoms. The normalized spacial score (nSPS) is 11.0. The third kappa shape index (κ3) is 5.45. The minimum absolute atomic E-state index is 0.0165. The Morgan fingerprint density at radius 3 is 2.19 bits per heavy atom. The molecular weight excluding hydrogens is 475 g/mol. The van der Waals surface area contributed by atoms with E-state index in [0.29, 0.717) is 17.2 Å². The zero-order valence-corrected chi connectivity index (χ0v) is 19.5. The maximum absolute atomic E-state index is 13.4. The second-order valence-corrected chi connectivity index (χ2v) is 9.30. The standard InChI is InChI=1S/C22H20Cl2N2O5S/c1-30-18-8-9-21(31-2)20(13-18)25-22(27)14-26(17-11-15(23)10-16(24)12-17)32(28,29)19-6-4-3-5-7-19/h3-13H,14H2,1-2H3,(H,25,27). The smallest absolute Gasteiger partial charge is 0.264 e. The molecule has 3 rings (SSSR count). The van der Waals surface area contributed by atoms with Crippen molar-refractivity contribution in [1.82, 2.24) is 0 Å². The maximum atomic E-state index is 13.4. The first kappa shape index (κ1) is 23.7. The number of nitrogens with one attached hydrogen (secondary N) is 1. The highest BCUT2D eigenvalue weighted by atomic mass is 35.5. The minimum Gasteiger partial charge on any atom is -0.497 e. The van der Waals surface area contributed by atoms with Crippen molar-refractivity contribution in [3.8, 4) is 11.5 Å². The van der Waals surface area contributed by atoms with Gasteiger partial charge in [-0.2, -0.15) is 0 Å². The largest absolute Gasteiger partial charge is 0.497 e. The molecule has 1 N–H and O–H groups in total. The van der Waals surface area contributed by atoms with Gasteiger partial charge in [0.15, 0.2) is 0 Å². The Balaban J connectivity index is 1.99. The van der Waals surface area contributed by atoms with Crippen molar-refractivity contribution >= 4 is 50.5 Å². The van der Waals surface area contributed by atoms with E-state index in [1.807, 2.05) is 0 Å². The van der Waals surface area contributed by atoms with E-state index in [0.717, 1.165) is 4.31 Å². The molecule has 0 aliphatic heterocycles. The van der Waals surface area contributed by atoms with Gasteiger partial charge in [0.1, 0.15) is 18.0 Å². The highest BCUT2D eigenvalue weighted by Gasteiger charge is 2.28. The summed E-state index contributed by atoms with van der Waals surface area (Å²) in [7, 11) is -1.16. The van der Waals surface area contributed by atoms with Gasteiger partial charge in [-0.25, -0.2) is 8.42 Å². The summed E-state index contributed by atoms with van der Waals surface area (Å²) in [6.45, 7) is -0.533. The molecule has 0 fully saturated rings. The number of hydrogen-bond acceptors (Lipinski definition) is 5. The molecule has 0 radical (unpaired) electrons. The molecule has 0 aliphatic carbocycles. The Bertz CT molecular complexity index is 1200. The van der Waals surface area contributed by atoms with Crippen LogP contribution in [0.2, 0.25) is 10.0 Å². The van der Waals surface area contributed by atoms with Crippen LogP contribution in [0.4, 0.5) is 11.4 Å². The van der Waals surface area contributed by atoms with Crippen LogP contribution in [0.5, 0.6) is 11.5 Å². The molecular formula is C22H20Cl2N2O5S. The van der Waals surface area contributed by atoms with Crippen molar-refractivity contribution in [3.63, 3.8) is 0 Å². The van der Waals surface area contributed by atoms with Crippen LogP contribution in [0.3, 0.4) is 0 Å². The van der Waals surface area contributed by atoms with Gasteiger partial charge in [-0.15, -0.1) is 0 Å². The topological polar surface area (TPSA) is 84.9 Å². The highest BCUT2D eigenvalue weighted by Crippen LogP contribution is 2.31. The quantitative estimate of drug-likeness (QED) is 0.483. The van der Waals surface area contributed by atoms with Crippen molar-refractivity contribution in [2.75, 3.05) is 30.4 Å². The van der Waals surface area contributed by atoms with E-state index in [2.05, 4.69) is 5.32 Å². The van der Waals surface area contributed by atoms with Crippen LogP contribution in [0.1, 0.15) is 0 Å². The van der Waals surface area contributed by atoms with Crippen molar-refractivity contribution < 1.29 is 22.7 Å². The lowest BCUT2D eigenvalue weighted by molar-refractivity contribution is -0.114. The van der Waals surface area contributed by atoms with Crippen molar-refractivity contribution in [2.45, 2.75) is 4.90 Å². The number of benzene rings is 3. The Labute approximate surface area is 196 Å². The first-order valence-corrected chi connectivity index (χ1v) is 11.5. The van der Waals surface area contributed by atoms with E-state index >= 15 is 0 Å². The molecule has 0 aliphatic rings. The summed E-state index contributed by atoms with van der Waals surface area (Å²) in [6.07, 6.45) is 0. The molecule has 0 aromatic heterocycles. The molecule has 0 spiro atoms. The number of ether oxygens (including phenoxy) is 2. The number of hydrogen-bond donors (Lipinski definition) is 1. The number of methoxy groups -OCH3 is 2. The van der Waals surface area contributed by atoms with Crippen LogP contribution in [-0.4, -0.2) is 35.1 Å². The fourth-order valence-corrected chi connectivity index (χ4v) is 4.89. The lowest BCUT2D eigenvalue weighted by Crippen LogP contribution is -2.38.